The van der Waals surface area contributed by atoms with Crippen LogP contribution in [0.15, 0.2) is 64.7 Å². The summed E-state index contributed by atoms with van der Waals surface area (Å²) in [6, 6.07) is 9.84. The van der Waals surface area contributed by atoms with Crippen molar-refractivity contribution in [2.45, 2.75) is 17.2 Å². The first-order chi connectivity index (χ1) is 14.0. The second-order valence-electron chi connectivity index (χ2n) is 6.19. The molecule has 0 radical (unpaired) electrons. The van der Waals surface area contributed by atoms with Crippen LogP contribution in [-0.2, 0) is 21.4 Å². The molecule has 10 heteroatoms. The molecule has 2 aromatic heterocycles. The summed E-state index contributed by atoms with van der Waals surface area (Å²) < 4.78 is 34.0. The monoisotopic (exact) mass is 434 g/mol. The van der Waals surface area contributed by atoms with Crippen LogP contribution in [0, 0.1) is 0 Å². The summed E-state index contributed by atoms with van der Waals surface area (Å²) in [5.74, 6) is 0.279. The fourth-order valence-electron chi connectivity index (χ4n) is 2.54. The van der Waals surface area contributed by atoms with Crippen molar-refractivity contribution >= 4 is 33.0 Å². The molecule has 154 valence electrons. The number of rotatable bonds is 10. The fraction of sp³-hybridized carbons (Fsp3) is 0.263. The number of nitrogens with zero attached hydrogens (tertiary/aromatic N) is 3. The molecule has 0 bridgehead atoms. The summed E-state index contributed by atoms with van der Waals surface area (Å²) in [5, 5.41) is 4.52. The molecule has 0 unspecified atom stereocenters. The van der Waals surface area contributed by atoms with Crippen LogP contribution in [-0.4, -0.2) is 44.1 Å². The highest BCUT2D eigenvalue weighted by Gasteiger charge is 2.22. The SMILES string of the molecule is CN(c1ccc(OCC(=O)NCCCn2ccnc2)cc1)S(=O)(=O)c1cccs1. The number of carbonyl (C=O) groups excluding carboxylic acids is 1. The van der Waals surface area contributed by atoms with Gasteiger partial charge in [-0.05, 0) is 42.1 Å². The number of sulfonamides is 1. The number of ether oxygens (including phenoxy) is 1. The van der Waals surface area contributed by atoms with Gasteiger partial charge in [-0.1, -0.05) is 6.07 Å². The Kier molecular flexibility index (Phi) is 6.89. The predicted octanol–water partition coefficient (Wildman–Crippen LogP) is 2.35. The van der Waals surface area contributed by atoms with Crippen LogP contribution >= 0.6 is 11.3 Å². The van der Waals surface area contributed by atoms with Gasteiger partial charge in [0.1, 0.15) is 9.96 Å². The van der Waals surface area contributed by atoms with Crippen LogP contribution in [0.5, 0.6) is 5.75 Å². The van der Waals surface area contributed by atoms with Gasteiger partial charge >= 0.3 is 0 Å². The Balaban J connectivity index is 1.44. The molecule has 1 amide bonds. The molecule has 0 aliphatic rings. The number of aromatic nitrogens is 2. The quantitative estimate of drug-likeness (QED) is 0.495. The van der Waals surface area contributed by atoms with E-state index in [1.165, 1.54) is 22.7 Å². The van der Waals surface area contributed by atoms with Crippen LogP contribution in [0.3, 0.4) is 0 Å². The molecular weight excluding hydrogens is 412 g/mol. The zero-order valence-corrected chi connectivity index (χ0v) is 17.5. The highest BCUT2D eigenvalue weighted by atomic mass is 32.2. The van der Waals surface area contributed by atoms with Gasteiger partial charge in [-0.25, -0.2) is 13.4 Å². The molecule has 0 atom stereocenters. The van der Waals surface area contributed by atoms with Crippen molar-refractivity contribution in [3.8, 4) is 5.75 Å². The third kappa shape index (κ3) is 5.58. The van der Waals surface area contributed by atoms with Gasteiger partial charge in [-0.3, -0.25) is 9.10 Å². The van der Waals surface area contributed by atoms with Gasteiger partial charge in [0.2, 0.25) is 0 Å². The summed E-state index contributed by atoms with van der Waals surface area (Å²) in [5.41, 5.74) is 0.509. The fourth-order valence-corrected chi connectivity index (χ4v) is 4.90. The first-order valence-corrected chi connectivity index (χ1v) is 11.3. The Morgan fingerprint density at radius 1 is 1.28 bits per heavy atom. The number of nitrogens with one attached hydrogen (secondary N) is 1. The van der Waals surface area contributed by atoms with Crippen molar-refractivity contribution in [3.63, 3.8) is 0 Å². The lowest BCUT2D eigenvalue weighted by atomic mass is 10.3. The molecule has 8 nitrogen and oxygen atoms in total. The lowest BCUT2D eigenvalue weighted by molar-refractivity contribution is -0.123. The molecular formula is C19H22N4O4S2. The van der Waals surface area contributed by atoms with E-state index in [-0.39, 0.29) is 16.7 Å². The zero-order chi connectivity index (χ0) is 20.7. The maximum absolute atomic E-state index is 12.5. The minimum atomic E-state index is -3.58. The Bertz CT molecular complexity index is 1000. The molecule has 0 aliphatic heterocycles. The standard InChI is InChI=1S/C19H22N4O4S2/c1-22(29(25,26)19-4-2-13-28-19)16-5-7-17(8-6-16)27-14-18(24)21-9-3-11-23-12-10-20-15-23/h2,4-8,10,12-13,15H,3,9,11,14H2,1H3,(H,21,24). The summed E-state index contributed by atoms with van der Waals surface area (Å²) in [6.07, 6.45) is 6.12. The Morgan fingerprint density at radius 3 is 2.72 bits per heavy atom. The van der Waals surface area contributed by atoms with Gasteiger partial charge in [0.05, 0.1) is 12.0 Å². The van der Waals surface area contributed by atoms with Crippen molar-refractivity contribution in [1.29, 1.82) is 0 Å². The van der Waals surface area contributed by atoms with Gasteiger partial charge < -0.3 is 14.6 Å². The Morgan fingerprint density at radius 2 is 2.07 bits per heavy atom. The lowest BCUT2D eigenvalue weighted by Gasteiger charge is -2.18. The third-order valence-electron chi connectivity index (χ3n) is 4.15. The molecule has 0 saturated carbocycles. The Hall–Kier alpha value is -2.85. The molecule has 0 fully saturated rings. The first kappa shape index (κ1) is 20.9. The number of hydrogen-bond acceptors (Lipinski definition) is 6. The number of anilines is 1. The van der Waals surface area contributed by atoms with Gasteiger partial charge in [0, 0.05) is 32.5 Å². The molecule has 1 N–H and O–H groups in total. The number of imidazole rings is 1. The van der Waals surface area contributed by atoms with Crippen molar-refractivity contribution in [2.24, 2.45) is 0 Å². The number of aryl methyl sites for hydroxylation is 1. The summed E-state index contributed by atoms with van der Waals surface area (Å²) in [6.45, 7) is 1.23. The van der Waals surface area contributed by atoms with E-state index in [9.17, 15) is 13.2 Å². The third-order valence-corrected chi connectivity index (χ3v) is 7.31. The molecule has 0 saturated heterocycles. The van der Waals surface area contributed by atoms with E-state index in [0.717, 1.165) is 13.0 Å². The molecule has 2 heterocycles. The summed E-state index contributed by atoms with van der Waals surface area (Å²) in [7, 11) is -2.07. The highest BCUT2D eigenvalue weighted by molar-refractivity contribution is 7.94. The number of amides is 1. The van der Waals surface area contributed by atoms with Crippen molar-refractivity contribution in [3.05, 3.63) is 60.5 Å². The van der Waals surface area contributed by atoms with E-state index in [4.69, 9.17) is 4.74 Å². The lowest BCUT2D eigenvalue weighted by Crippen LogP contribution is -2.30. The maximum atomic E-state index is 12.5. The molecule has 29 heavy (non-hydrogen) atoms. The van der Waals surface area contributed by atoms with Crippen molar-refractivity contribution in [1.82, 2.24) is 14.9 Å². The summed E-state index contributed by atoms with van der Waals surface area (Å²) >= 11 is 1.17. The maximum Gasteiger partial charge on any atom is 0.273 e. The Labute approximate surface area is 173 Å². The number of carbonyl (C=O) groups is 1. The average Bonchev–Trinajstić information content (AvgIpc) is 3.44. The van der Waals surface area contributed by atoms with Crippen LogP contribution < -0.4 is 14.4 Å². The molecule has 0 aliphatic carbocycles. The number of benzene rings is 1. The first-order valence-electron chi connectivity index (χ1n) is 8.94. The molecule has 3 aromatic rings. The number of thiophene rings is 1. The van der Waals surface area contributed by atoms with Crippen molar-refractivity contribution < 1.29 is 17.9 Å². The molecule has 1 aromatic carbocycles. The van der Waals surface area contributed by atoms with E-state index in [0.29, 0.717) is 18.0 Å². The topological polar surface area (TPSA) is 93.5 Å². The second kappa shape index (κ2) is 9.57. The van der Waals surface area contributed by atoms with Crippen LogP contribution in [0.4, 0.5) is 5.69 Å². The van der Waals surface area contributed by atoms with Gasteiger partial charge in [-0.15, -0.1) is 11.3 Å². The van der Waals surface area contributed by atoms with Crippen LogP contribution in [0.1, 0.15) is 6.42 Å². The smallest absolute Gasteiger partial charge is 0.273 e. The minimum absolute atomic E-state index is 0.103. The zero-order valence-electron chi connectivity index (χ0n) is 15.9. The molecule has 0 spiro atoms. The summed E-state index contributed by atoms with van der Waals surface area (Å²) in [4.78, 5) is 15.8. The second-order valence-corrected chi connectivity index (χ2v) is 9.34. The van der Waals surface area contributed by atoms with Crippen LogP contribution in [0.2, 0.25) is 0 Å². The van der Waals surface area contributed by atoms with Crippen LogP contribution in [0.25, 0.3) is 0 Å². The van der Waals surface area contributed by atoms with Gasteiger partial charge in [0.25, 0.3) is 15.9 Å². The van der Waals surface area contributed by atoms with E-state index in [2.05, 4.69) is 10.3 Å². The largest absolute Gasteiger partial charge is 0.484 e. The van der Waals surface area contributed by atoms with E-state index >= 15 is 0 Å². The van der Waals surface area contributed by atoms with Gasteiger partial charge in [-0.2, -0.15) is 0 Å². The molecule has 3 rings (SSSR count). The van der Waals surface area contributed by atoms with E-state index in [1.807, 2.05) is 10.8 Å². The van der Waals surface area contributed by atoms with Crippen molar-refractivity contribution in [2.75, 3.05) is 24.5 Å². The number of hydrogen-bond donors (Lipinski definition) is 1. The predicted molar refractivity (Wildman–Crippen MR) is 112 cm³/mol. The highest BCUT2D eigenvalue weighted by Crippen LogP contribution is 2.26. The van der Waals surface area contributed by atoms with E-state index < -0.39 is 10.0 Å². The average molecular weight is 435 g/mol. The van der Waals surface area contributed by atoms with E-state index in [1.54, 1.807) is 54.3 Å². The van der Waals surface area contributed by atoms with Gasteiger partial charge in [0.15, 0.2) is 6.61 Å². The normalized spacial score (nSPS) is 11.2. The minimum Gasteiger partial charge on any atom is -0.484 e.